The Bertz CT molecular complexity index is 1020. The summed E-state index contributed by atoms with van der Waals surface area (Å²) in [6, 6.07) is 22.9. The van der Waals surface area contributed by atoms with E-state index in [-0.39, 0.29) is 5.97 Å². The minimum absolute atomic E-state index is 0.349. The molecule has 25 heavy (non-hydrogen) atoms. The van der Waals surface area contributed by atoms with Gasteiger partial charge < -0.3 is 4.74 Å². The Morgan fingerprint density at radius 1 is 0.920 bits per heavy atom. The zero-order valence-electron chi connectivity index (χ0n) is 13.0. The number of aromatic nitrogens is 1. The number of fused-ring (bicyclic) bond motifs is 1. The molecular formula is C20H12INO2S. The number of rotatable bonds is 3. The van der Waals surface area contributed by atoms with Gasteiger partial charge in [-0.05, 0) is 71.1 Å². The van der Waals surface area contributed by atoms with E-state index in [4.69, 9.17) is 4.74 Å². The second kappa shape index (κ2) is 6.93. The number of para-hydroxylation sites is 1. The van der Waals surface area contributed by atoms with E-state index < -0.39 is 0 Å². The van der Waals surface area contributed by atoms with Gasteiger partial charge in [-0.15, -0.1) is 11.3 Å². The van der Waals surface area contributed by atoms with Crippen molar-refractivity contribution in [1.29, 1.82) is 0 Å². The first-order valence-corrected chi connectivity index (χ1v) is 9.53. The van der Waals surface area contributed by atoms with E-state index >= 15 is 0 Å². The molecule has 0 spiro atoms. The Kier molecular flexibility index (Phi) is 4.50. The minimum atomic E-state index is -0.349. The van der Waals surface area contributed by atoms with Crippen molar-refractivity contribution in [2.45, 2.75) is 0 Å². The van der Waals surface area contributed by atoms with E-state index in [0.717, 1.165) is 24.4 Å². The topological polar surface area (TPSA) is 39.2 Å². The van der Waals surface area contributed by atoms with Crippen LogP contribution in [-0.4, -0.2) is 11.0 Å². The molecule has 1 heterocycles. The first-order valence-electron chi connectivity index (χ1n) is 7.63. The maximum absolute atomic E-state index is 12.3. The number of hydrogen-bond donors (Lipinski definition) is 0. The van der Waals surface area contributed by atoms with Gasteiger partial charge in [-0.2, -0.15) is 0 Å². The molecule has 0 aliphatic rings. The molecule has 1 aromatic heterocycles. The van der Waals surface area contributed by atoms with Gasteiger partial charge in [0, 0.05) is 9.13 Å². The molecule has 5 heteroatoms. The van der Waals surface area contributed by atoms with Gasteiger partial charge in [-0.25, -0.2) is 9.78 Å². The lowest BCUT2D eigenvalue weighted by Crippen LogP contribution is -2.09. The maximum atomic E-state index is 12.3. The lowest BCUT2D eigenvalue weighted by molar-refractivity contribution is 0.0733. The Morgan fingerprint density at radius 3 is 2.40 bits per heavy atom. The largest absolute Gasteiger partial charge is 0.423 e. The number of thiazole rings is 1. The van der Waals surface area contributed by atoms with Gasteiger partial charge in [0.1, 0.15) is 10.8 Å². The van der Waals surface area contributed by atoms with E-state index in [0.29, 0.717) is 11.3 Å². The van der Waals surface area contributed by atoms with Crippen LogP contribution in [0.15, 0.2) is 72.8 Å². The minimum Gasteiger partial charge on any atom is -0.423 e. The Morgan fingerprint density at radius 2 is 1.64 bits per heavy atom. The SMILES string of the molecule is O=C(Oc1ccc(-c2nc3ccccc3s2)cc1)c1ccccc1I. The number of esters is 1. The highest BCUT2D eigenvalue weighted by molar-refractivity contribution is 14.1. The molecule has 0 N–H and O–H groups in total. The zero-order valence-corrected chi connectivity index (χ0v) is 16.0. The number of benzene rings is 3. The van der Waals surface area contributed by atoms with Crippen LogP contribution in [0.1, 0.15) is 10.4 Å². The quantitative estimate of drug-likeness (QED) is 0.222. The van der Waals surface area contributed by atoms with E-state index in [9.17, 15) is 4.79 Å². The molecule has 3 aromatic carbocycles. The van der Waals surface area contributed by atoms with Crippen LogP contribution >= 0.6 is 33.9 Å². The lowest BCUT2D eigenvalue weighted by atomic mass is 10.2. The Balaban J connectivity index is 1.56. The van der Waals surface area contributed by atoms with Gasteiger partial charge in [0.15, 0.2) is 0 Å². The number of nitrogens with zero attached hydrogens (tertiary/aromatic N) is 1. The molecular weight excluding hydrogens is 445 g/mol. The van der Waals surface area contributed by atoms with Crippen LogP contribution in [0.3, 0.4) is 0 Å². The van der Waals surface area contributed by atoms with Crippen LogP contribution in [0.4, 0.5) is 0 Å². The van der Waals surface area contributed by atoms with Crippen molar-refractivity contribution in [1.82, 2.24) is 4.98 Å². The number of halogens is 1. The van der Waals surface area contributed by atoms with Crippen molar-refractivity contribution in [2.75, 3.05) is 0 Å². The predicted octanol–water partition coefficient (Wildman–Crippen LogP) is 5.79. The van der Waals surface area contributed by atoms with Gasteiger partial charge in [-0.1, -0.05) is 24.3 Å². The Hall–Kier alpha value is -2.25. The van der Waals surface area contributed by atoms with Crippen molar-refractivity contribution in [3.05, 3.63) is 81.9 Å². The third kappa shape index (κ3) is 3.43. The van der Waals surface area contributed by atoms with Crippen LogP contribution in [0.5, 0.6) is 5.75 Å². The van der Waals surface area contributed by atoms with Crippen molar-refractivity contribution < 1.29 is 9.53 Å². The summed E-state index contributed by atoms with van der Waals surface area (Å²) in [4.78, 5) is 16.9. The summed E-state index contributed by atoms with van der Waals surface area (Å²) in [6.07, 6.45) is 0. The summed E-state index contributed by atoms with van der Waals surface area (Å²) >= 11 is 3.78. The van der Waals surface area contributed by atoms with Gasteiger partial charge in [-0.3, -0.25) is 0 Å². The molecule has 0 atom stereocenters. The van der Waals surface area contributed by atoms with Crippen LogP contribution in [0, 0.1) is 3.57 Å². The van der Waals surface area contributed by atoms with Crippen molar-refractivity contribution in [2.24, 2.45) is 0 Å². The van der Waals surface area contributed by atoms with Crippen LogP contribution in [-0.2, 0) is 0 Å². The summed E-state index contributed by atoms with van der Waals surface area (Å²) in [5.41, 5.74) is 2.57. The molecule has 0 radical (unpaired) electrons. The summed E-state index contributed by atoms with van der Waals surface area (Å²) in [7, 11) is 0. The van der Waals surface area contributed by atoms with Gasteiger partial charge in [0.2, 0.25) is 0 Å². The highest BCUT2D eigenvalue weighted by atomic mass is 127. The van der Waals surface area contributed by atoms with Crippen molar-refractivity contribution >= 4 is 50.1 Å². The molecule has 0 unspecified atom stereocenters. The van der Waals surface area contributed by atoms with E-state index in [1.165, 1.54) is 0 Å². The van der Waals surface area contributed by atoms with Crippen molar-refractivity contribution in [3.63, 3.8) is 0 Å². The predicted molar refractivity (Wildman–Crippen MR) is 109 cm³/mol. The third-order valence-electron chi connectivity index (χ3n) is 3.70. The number of ether oxygens (including phenoxy) is 1. The zero-order chi connectivity index (χ0) is 17.2. The molecule has 4 aromatic rings. The Labute approximate surface area is 162 Å². The number of carbonyl (C=O) groups is 1. The summed E-state index contributed by atoms with van der Waals surface area (Å²) in [5.74, 6) is 0.173. The highest BCUT2D eigenvalue weighted by Gasteiger charge is 2.12. The average molecular weight is 457 g/mol. The third-order valence-corrected chi connectivity index (χ3v) is 5.73. The maximum Gasteiger partial charge on any atom is 0.344 e. The number of carbonyl (C=O) groups excluding carboxylic acids is 1. The normalized spacial score (nSPS) is 10.8. The fourth-order valence-corrected chi connectivity index (χ4v) is 4.03. The van der Waals surface area contributed by atoms with E-state index in [2.05, 4.69) is 33.6 Å². The van der Waals surface area contributed by atoms with Gasteiger partial charge in [0.25, 0.3) is 0 Å². The highest BCUT2D eigenvalue weighted by Crippen LogP contribution is 2.31. The fourth-order valence-electron chi connectivity index (χ4n) is 2.45. The smallest absolute Gasteiger partial charge is 0.344 e. The summed E-state index contributed by atoms with van der Waals surface area (Å²) in [6.45, 7) is 0. The van der Waals surface area contributed by atoms with E-state index in [1.807, 2.05) is 48.5 Å². The lowest BCUT2D eigenvalue weighted by Gasteiger charge is -2.06. The van der Waals surface area contributed by atoms with Gasteiger partial charge in [0.05, 0.1) is 15.8 Å². The van der Waals surface area contributed by atoms with Crippen LogP contribution < -0.4 is 4.74 Å². The monoisotopic (exact) mass is 457 g/mol. The first kappa shape index (κ1) is 16.2. The fraction of sp³-hybridized carbons (Fsp3) is 0. The van der Waals surface area contributed by atoms with Crippen LogP contribution in [0.25, 0.3) is 20.8 Å². The first-order chi connectivity index (χ1) is 12.2. The van der Waals surface area contributed by atoms with Gasteiger partial charge >= 0.3 is 5.97 Å². The molecule has 4 rings (SSSR count). The molecule has 0 saturated carbocycles. The molecule has 0 aliphatic heterocycles. The summed E-state index contributed by atoms with van der Waals surface area (Å²) < 4.78 is 7.50. The molecule has 0 amide bonds. The van der Waals surface area contributed by atoms with E-state index in [1.54, 1.807) is 29.5 Å². The molecule has 122 valence electrons. The second-order valence-corrected chi connectivity index (χ2v) is 7.57. The van der Waals surface area contributed by atoms with Crippen molar-refractivity contribution in [3.8, 4) is 16.3 Å². The standard InChI is InChI=1S/C20H12INO2S/c21-16-6-2-1-5-15(16)20(23)24-14-11-9-13(10-12-14)19-22-17-7-3-4-8-18(17)25-19/h1-12H. The average Bonchev–Trinajstić information content (AvgIpc) is 3.07. The molecule has 0 saturated heterocycles. The molecule has 0 fully saturated rings. The molecule has 0 bridgehead atoms. The molecule has 3 nitrogen and oxygen atoms in total. The number of hydrogen-bond acceptors (Lipinski definition) is 4. The summed E-state index contributed by atoms with van der Waals surface area (Å²) in [5, 5.41) is 0.955. The molecule has 0 aliphatic carbocycles. The second-order valence-electron chi connectivity index (χ2n) is 5.38. The van der Waals surface area contributed by atoms with Crippen LogP contribution in [0.2, 0.25) is 0 Å².